The monoisotopic (exact) mass is 601 g/mol. The first kappa shape index (κ1) is 30.3. The van der Waals surface area contributed by atoms with E-state index in [2.05, 4.69) is 6.07 Å². The molecule has 1 fully saturated rings. The van der Waals surface area contributed by atoms with Gasteiger partial charge in [0.15, 0.2) is 0 Å². The average Bonchev–Trinajstić information content (AvgIpc) is 3.69. The fourth-order valence-corrected chi connectivity index (χ4v) is 7.78. The van der Waals surface area contributed by atoms with E-state index in [-0.39, 0.29) is 17.1 Å². The number of carboxylic acid groups (broad SMARTS) is 1. The molecule has 1 saturated carbocycles. The maximum absolute atomic E-state index is 14.0. The largest absolute Gasteiger partial charge is 0.616 e. The summed E-state index contributed by atoms with van der Waals surface area (Å²) in [5, 5.41) is 21.6. The number of aliphatic hydroxyl groups is 1. The number of pyridine rings is 1. The highest BCUT2D eigenvalue weighted by Gasteiger charge is 2.49. The van der Waals surface area contributed by atoms with Crippen LogP contribution in [-0.4, -0.2) is 31.5 Å². The lowest BCUT2D eigenvalue weighted by Crippen LogP contribution is -2.26. The Kier molecular flexibility index (Phi) is 9.09. The van der Waals surface area contributed by atoms with Crippen LogP contribution in [0.4, 0.5) is 0 Å². The first-order valence-corrected chi connectivity index (χ1v) is 16.0. The molecule has 0 amide bonds. The number of fused-ring (bicyclic) bond motifs is 1. The zero-order valence-electron chi connectivity index (χ0n) is 23.9. The van der Waals surface area contributed by atoms with Gasteiger partial charge in [0.05, 0.1) is 23.2 Å². The van der Waals surface area contributed by atoms with Crippen molar-refractivity contribution < 1.29 is 19.6 Å². The van der Waals surface area contributed by atoms with Gasteiger partial charge in [-0.1, -0.05) is 72.3 Å². The number of carbonyl (C=O) groups is 1. The van der Waals surface area contributed by atoms with Gasteiger partial charge in [0.2, 0.25) is 0 Å². The topological polar surface area (TPSA) is 93.5 Å². The molecule has 0 spiro atoms. The van der Waals surface area contributed by atoms with E-state index in [1.54, 1.807) is 13.8 Å². The molecule has 42 heavy (non-hydrogen) atoms. The lowest BCUT2D eigenvalue weighted by atomic mass is 9.90. The standard InChI is InChI=1S/C35H36ClNO4S/c1-34(2,40)30-9-4-3-7-25(30)13-17-32(42(41)23-35(18-19-35)22-33(38)39)27-8-5-6-24(20-27)10-15-29-16-12-26-11-14-28(36)21-31(26)37-29/h3-12,14-16,20-21,32,40H,13,17-19,22-23H2,1-2H3,(H,38,39)/b15-10-/t32-,42?/m1/s1. The molecule has 3 aromatic carbocycles. The van der Waals surface area contributed by atoms with Crippen LogP contribution in [0.3, 0.4) is 0 Å². The minimum Gasteiger partial charge on any atom is -0.616 e. The molecule has 0 aliphatic heterocycles. The third kappa shape index (κ3) is 7.61. The first-order valence-electron chi connectivity index (χ1n) is 14.3. The number of carboxylic acids is 1. The predicted octanol–water partition coefficient (Wildman–Crippen LogP) is 7.96. The molecule has 4 aromatic rings. The number of halogens is 1. The summed E-state index contributed by atoms with van der Waals surface area (Å²) < 4.78 is 14.0. The summed E-state index contributed by atoms with van der Waals surface area (Å²) in [5.41, 5.74) is 4.09. The Balaban J connectivity index is 1.41. The van der Waals surface area contributed by atoms with Crippen molar-refractivity contribution in [3.8, 4) is 0 Å². The Hall–Kier alpha value is -3.16. The molecule has 1 heterocycles. The van der Waals surface area contributed by atoms with Crippen LogP contribution in [0.5, 0.6) is 0 Å². The van der Waals surface area contributed by atoms with Crippen LogP contribution in [0.2, 0.25) is 5.02 Å². The van der Waals surface area contributed by atoms with Crippen LogP contribution in [0.1, 0.15) is 72.7 Å². The van der Waals surface area contributed by atoms with Gasteiger partial charge in [0.25, 0.3) is 0 Å². The summed E-state index contributed by atoms with van der Waals surface area (Å²) in [7, 11) is 0. The number of aryl methyl sites for hydroxylation is 1. The van der Waals surface area contributed by atoms with Crippen molar-refractivity contribution >= 4 is 51.8 Å². The fourth-order valence-electron chi connectivity index (χ4n) is 5.59. The Morgan fingerprint density at radius 1 is 1.07 bits per heavy atom. The molecule has 2 N–H and O–H groups in total. The smallest absolute Gasteiger partial charge is 0.304 e. The van der Waals surface area contributed by atoms with Gasteiger partial charge in [0, 0.05) is 27.8 Å². The van der Waals surface area contributed by atoms with Crippen molar-refractivity contribution in [2.45, 2.75) is 56.8 Å². The normalized spacial score (nSPS) is 16.0. The molecule has 0 saturated heterocycles. The zero-order valence-corrected chi connectivity index (χ0v) is 25.5. The molecule has 0 bridgehead atoms. The summed E-state index contributed by atoms with van der Waals surface area (Å²) in [4.78, 5) is 16.2. The van der Waals surface area contributed by atoms with Gasteiger partial charge >= 0.3 is 5.97 Å². The molecular formula is C35H36ClNO4S. The third-order valence-corrected chi connectivity index (χ3v) is 10.3. The van der Waals surface area contributed by atoms with E-state index in [9.17, 15) is 19.6 Å². The molecule has 5 rings (SSSR count). The molecule has 7 heteroatoms. The second-order valence-electron chi connectivity index (χ2n) is 11.9. The van der Waals surface area contributed by atoms with Gasteiger partial charge < -0.3 is 14.8 Å². The zero-order chi connectivity index (χ0) is 29.9. The van der Waals surface area contributed by atoms with Crippen molar-refractivity contribution in [2.75, 3.05) is 5.75 Å². The molecule has 1 unspecified atom stereocenters. The molecular weight excluding hydrogens is 566 g/mol. The number of aliphatic carboxylic acids is 1. The van der Waals surface area contributed by atoms with E-state index in [0.29, 0.717) is 23.6 Å². The van der Waals surface area contributed by atoms with Crippen molar-refractivity contribution in [1.29, 1.82) is 0 Å². The minimum atomic E-state index is -1.27. The lowest BCUT2D eigenvalue weighted by Gasteiger charge is -2.27. The van der Waals surface area contributed by atoms with Crippen LogP contribution < -0.4 is 0 Å². The second-order valence-corrected chi connectivity index (χ2v) is 14.0. The summed E-state index contributed by atoms with van der Waals surface area (Å²) in [6.07, 6.45) is 6.86. The van der Waals surface area contributed by atoms with Crippen LogP contribution in [0, 0.1) is 5.41 Å². The number of hydrogen-bond acceptors (Lipinski definition) is 4. The summed E-state index contributed by atoms with van der Waals surface area (Å²) in [6, 6.07) is 25.5. The highest BCUT2D eigenvalue weighted by Crippen LogP contribution is 2.51. The second kappa shape index (κ2) is 12.6. The Labute approximate surface area is 255 Å². The van der Waals surface area contributed by atoms with E-state index >= 15 is 0 Å². The predicted molar refractivity (Wildman–Crippen MR) is 172 cm³/mol. The maximum atomic E-state index is 14.0. The van der Waals surface area contributed by atoms with Gasteiger partial charge in [-0.25, -0.2) is 4.98 Å². The van der Waals surface area contributed by atoms with Crippen LogP contribution in [-0.2, 0) is 28.0 Å². The van der Waals surface area contributed by atoms with E-state index in [4.69, 9.17) is 16.6 Å². The molecule has 1 aromatic heterocycles. The Bertz CT molecular complexity index is 1610. The number of rotatable bonds is 12. The SMILES string of the molecule is CC(C)(O)c1ccccc1CC[C@H](c1cccc(/C=C\c2ccc3ccc(Cl)cc3n2)c1)[S+]([O-])CC1(CC(=O)O)CC1. The molecule has 218 valence electrons. The van der Waals surface area contributed by atoms with Gasteiger partial charge in [0.1, 0.15) is 11.0 Å². The Morgan fingerprint density at radius 2 is 1.83 bits per heavy atom. The maximum Gasteiger partial charge on any atom is 0.304 e. The van der Waals surface area contributed by atoms with Crippen molar-refractivity contribution in [1.82, 2.24) is 4.98 Å². The number of nitrogens with zero attached hydrogens (tertiary/aromatic N) is 1. The van der Waals surface area contributed by atoms with Gasteiger partial charge in [-0.3, -0.25) is 4.79 Å². The van der Waals surface area contributed by atoms with Crippen molar-refractivity contribution in [3.63, 3.8) is 0 Å². The number of hydrogen-bond donors (Lipinski definition) is 2. The Morgan fingerprint density at radius 3 is 2.57 bits per heavy atom. The molecule has 1 aliphatic rings. The van der Waals surface area contributed by atoms with E-state index in [1.165, 1.54) is 0 Å². The lowest BCUT2D eigenvalue weighted by molar-refractivity contribution is -0.138. The average molecular weight is 602 g/mol. The van der Waals surface area contributed by atoms with Gasteiger partial charge in [-0.2, -0.15) is 0 Å². The van der Waals surface area contributed by atoms with Crippen molar-refractivity contribution in [2.24, 2.45) is 5.41 Å². The van der Waals surface area contributed by atoms with Crippen LogP contribution >= 0.6 is 11.6 Å². The fraction of sp³-hybridized carbons (Fsp3) is 0.314. The first-order chi connectivity index (χ1) is 20.0. The van der Waals surface area contributed by atoms with Gasteiger partial charge in [-0.05, 0) is 91.3 Å². The van der Waals surface area contributed by atoms with Crippen LogP contribution in [0.15, 0.2) is 78.9 Å². The quantitative estimate of drug-likeness (QED) is 0.161. The minimum absolute atomic E-state index is 0.0553. The molecule has 2 atom stereocenters. The highest BCUT2D eigenvalue weighted by atomic mass is 35.5. The van der Waals surface area contributed by atoms with Gasteiger partial charge in [-0.15, -0.1) is 0 Å². The third-order valence-electron chi connectivity index (χ3n) is 8.01. The van der Waals surface area contributed by atoms with Crippen LogP contribution in [0.25, 0.3) is 23.1 Å². The molecule has 5 nitrogen and oxygen atoms in total. The highest BCUT2D eigenvalue weighted by molar-refractivity contribution is 7.91. The summed E-state index contributed by atoms with van der Waals surface area (Å²) >= 11 is 4.88. The molecule has 1 aliphatic carbocycles. The van der Waals surface area contributed by atoms with E-state index < -0.39 is 22.7 Å². The molecule has 0 radical (unpaired) electrons. The summed E-state index contributed by atoms with van der Waals surface area (Å²) in [6.45, 7) is 3.55. The van der Waals surface area contributed by atoms with E-state index in [1.807, 2.05) is 84.9 Å². The van der Waals surface area contributed by atoms with E-state index in [0.717, 1.165) is 51.7 Å². The van der Waals surface area contributed by atoms with Crippen molar-refractivity contribution in [3.05, 3.63) is 112 Å². The number of aromatic nitrogens is 1. The number of benzene rings is 3. The summed E-state index contributed by atoms with van der Waals surface area (Å²) in [5.74, 6) is -0.461.